The average molecular weight is 383 g/mol. The van der Waals surface area contributed by atoms with E-state index in [4.69, 9.17) is 21.1 Å². The number of halogens is 1. The van der Waals surface area contributed by atoms with Crippen LogP contribution in [-0.4, -0.2) is 11.9 Å². The second kappa shape index (κ2) is 6.54. The molecule has 0 heterocycles. The number of rotatable bonds is 4. The summed E-state index contributed by atoms with van der Waals surface area (Å²) < 4.78 is 11.3. The van der Waals surface area contributed by atoms with Crippen molar-refractivity contribution >= 4 is 34.3 Å². The van der Waals surface area contributed by atoms with Crippen LogP contribution in [0.3, 0.4) is 0 Å². The Bertz CT molecular complexity index is 1030. The minimum absolute atomic E-state index is 0.138. The highest BCUT2D eigenvalue weighted by atomic mass is 35.5. The van der Waals surface area contributed by atoms with Gasteiger partial charge in [0.2, 0.25) is 0 Å². The standard InChI is InChI=1S/C22H19ClO4/c1-4-12-8-13-9-16(12)20-19(13)22(26-11(3)24)17-10-14(23)6-7-15(17)21(20)27-18(25)5-2/h5-8,10,13,16H,2,4,9H2,1,3H3. The third-order valence-corrected chi connectivity index (χ3v) is 5.58. The van der Waals surface area contributed by atoms with Crippen LogP contribution >= 0.6 is 11.6 Å². The van der Waals surface area contributed by atoms with Gasteiger partial charge in [0.05, 0.1) is 0 Å². The lowest BCUT2D eigenvalue weighted by molar-refractivity contribution is -0.132. The maximum Gasteiger partial charge on any atom is 0.335 e. The second-order valence-electron chi connectivity index (χ2n) is 6.88. The molecule has 4 rings (SSSR count). The van der Waals surface area contributed by atoms with Crippen molar-refractivity contribution in [3.05, 3.63) is 58.7 Å². The number of ether oxygens (including phenoxy) is 2. The molecule has 5 heteroatoms. The van der Waals surface area contributed by atoms with Gasteiger partial charge in [-0.2, -0.15) is 0 Å². The van der Waals surface area contributed by atoms with E-state index in [0.717, 1.165) is 30.0 Å². The van der Waals surface area contributed by atoms with Crippen molar-refractivity contribution in [2.75, 3.05) is 0 Å². The molecule has 0 amide bonds. The predicted octanol–water partition coefficient (Wildman–Crippen LogP) is 5.43. The summed E-state index contributed by atoms with van der Waals surface area (Å²) in [5.41, 5.74) is 3.19. The van der Waals surface area contributed by atoms with E-state index in [1.54, 1.807) is 18.2 Å². The first kappa shape index (κ1) is 17.8. The molecule has 2 aliphatic rings. The van der Waals surface area contributed by atoms with Gasteiger partial charge in [-0.05, 0) is 31.0 Å². The lowest BCUT2D eigenvalue weighted by Gasteiger charge is -2.24. The normalized spacial score (nSPS) is 19.6. The monoisotopic (exact) mass is 382 g/mol. The fraction of sp³-hybridized carbons (Fsp3) is 0.273. The number of carbonyl (C=O) groups is 2. The first-order valence-electron chi connectivity index (χ1n) is 8.96. The largest absolute Gasteiger partial charge is 0.426 e. The van der Waals surface area contributed by atoms with Crippen LogP contribution in [0.2, 0.25) is 5.02 Å². The topological polar surface area (TPSA) is 52.6 Å². The van der Waals surface area contributed by atoms with Crippen LogP contribution in [0, 0.1) is 0 Å². The summed E-state index contributed by atoms with van der Waals surface area (Å²) in [5.74, 6) is 0.433. The SMILES string of the molecule is C=CC(=O)Oc1c2c(c(OC(C)=O)c3cc(Cl)ccc13)C1C=C(CC)C2C1. The van der Waals surface area contributed by atoms with Crippen LogP contribution in [0.5, 0.6) is 11.5 Å². The summed E-state index contributed by atoms with van der Waals surface area (Å²) in [6.45, 7) is 7.01. The number of allylic oxidation sites excluding steroid dienone is 2. The van der Waals surface area contributed by atoms with Crippen LogP contribution < -0.4 is 9.47 Å². The molecule has 2 aliphatic carbocycles. The fourth-order valence-corrected chi connectivity index (χ4v) is 4.55. The zero-order valence-electron chi connectivity index (χ0n) is 15.2. The Morgan fingerprint density at radius 3 is 2.63 bits per heavy atom. The first-order valence-corrected chi connectivity index (χ1v) is 9.34. The third-order valence-electron chi connectivity index (χ3n) is 5.35. The van der Waals surface area contributed by atoms with Gasteiger partial charge in [-0.1, -0.05) is 36.8 Å². The van der Waals surface area contributed by atoms with Crippen LogP contribution in [0.15, 0.2) is 42.5 Å². The summed E-state index contributed by atoms with van der Waals surface area (Å²) in [7, 11) is 0. The van der Waals surface area contributed by atoms with Gasteiger partial charge in [-0.25, -0.2) is 4.79 Å². The summed E-state index contributed by atoms with van der Waals surface area (Å²) in [6, 6.07) is 5.29. The van der Waals surface area contributed by atoms with Gasteiger partial charge >= 0.3 is 11.9 Å². The molecule has 0 aliphatic heterocycles. The van der Waals surface area contributed by atoms with Gasteiger partial charge in [0.1, 0.15) is 11.5 Å². The molecule has 27 heavy (non-hydrogen) atoms. The molecule has 0 radical (unpaired) electrons. The Labute approximate surface area is 162 Å². The van der Waals surface area contributed by atoms with Gasteiger partial charge < -0.3 is 9.47 Å². The summed E-state index contributed by atoms with van der Waals surface area (Å²) in [6.07, 6.45) is 5.22. The molecule has 2 aromatic carbocycles. The molecule has 2 atom stereocenters. The molecule has 0 spiro atoms. The Balaban J connectivity index is 2.08. The second-order valence-corrected chi connectivity index (χ2v) is 7.32. The van der Waals surface area contributed by atoms with Crippen molar-refractivity contribution in [2.45, 2.75) is 38.5 Å². The van der Waals surface area contributed by atoms with E-state index < -0.39 is 11.9 Å². The van der Waals surface area contributed by atoms with Crippen LogP contribution in [0.25, 0.3) is 10.8 Å². The van der Waals surface area contributed by atoms with E-state index >= 15 is 0 Å². The van der Waals surface area contributed by atoms with Gasteiger partial charge in [-0.15, -0.1) is 0 Å². The highest BCUT2D eigenvalue weighted by Crippen LogP contribution is 2.61. The van der Waals surface area contributed by atoms with E-state index in [-0.39, 0.29) is 11.8 Å². The lowest BCUT2D eigenvalue weighted by Crippen LogP contribution is -2.12. The van der Waals surface area contributed by atoms with Crippen LogP contribution in [-0.2, 0) is 9.59 Å². The first-order chi connectivity index (χ1) is 12.9. The maximum atomic E-state index is 12.0. The van der Waals surface area contributed by atoms with Crippen LogP contribution in [0.1, 0.15) is 49.7 Å². The summed E-state index contributed by atoms with van der Waals surface area (Å²) in [5, 5.41) is 1.89. The zero-order chi connectivity index (χ0) is 19.3. The Hall–Kier alpha value is -2.59. The molecule has 2 aromatic rings. The smallest absolute Gasteiger partial charge is 0.335 e. The van der Waals surface area contributed by atoms with Gasteiger partial charge in [0.25, 0.3) is 0 Å². The molecule has 0 saturated heterocycles. The van der Waals surface area contributed by atoms with E-state index in [9.17, 15) is 9.59 Å². The fourth-order valence-electron chi connectivity index (χ4n) is 4.37. The molecule has 4 nitrogen and oxygen atoms in total. The molecular weight excluding hydrogens is 364 g/mol. The molecule has 2 bridgehead atoms. The molecular formula is C22H19ClO4. The van der Waals surface area contributed by atoms with Gasteiger partial charge in [0.15, 0.2) is 0 Å². The van der Waals surface area contributed by atoms with Crippen molar-refractivity contribution < 1.29 is 19.1 Å². The number of esters is 2. The highest BCUT2D eigenvalue weighted by Gasteiger charge is 2.43. The minimum atomic E-state index is -0.515. The summed E-state index contributed by atoms with van der Waals surface area (Å²) >= 11 is 6.21. The van der Waals surface area contributed by atoms with Crippen molar-refractivity contribution in [3.63, 3.8) is 0 Å². The van der Waals surface area contributed by atoms with Gasteiger partial charge in [0, 0.05) is 51.8 Å². The molecule has 0 N–H and O–H groups in total. The number of carbonyl (C=O) groups excluding carboxylic acids is 2. The van der Waals surface area contributed by atoms with Crippen molar-refractivity contribution in [1.82, 2.24) is 0 Å². The molecule has 0 aromatic heterocycles. The average Bonchev–Trinajstić information content (AvgIpc) is 3.22. The molecule has 0 fully saturated rings. The Morgan fingerprint density at radius 1 is 1.22 bits per heavy atom. The van der Waals surface area contributed by atoms with E-state index in [0.29, 0.717) is 27.3 Å². The van der Waals surface area contributed by atoms with Crippen molar-refractivity contribution in [3.8, 4) is 11.5 Å². The highest BCUT2D eigenvalue weighted by molar-refractivity contribution is 6.31. The quantitative estimate of drug-likeness (QED) is 0.306. The molecule has 2 unspecified atom stereocenters. The number of hydrogen-bond donors (Lipinski definition) is 0. The predicted molar refractivity (Wildman–Crippen MR) is 105 cm³/mol. The molecule has 0 saturated carbocycles. The molecule has 138 valence electrons. The van der Waals surface area contributed by atoms with Crippen LogP contribution in [0.4, 0.5) is 0 Å². The zero-order valence-corrected chi connectivity index (χ0v) is 15.9. The number of fused-ring (bicyclic) bond motifs is 6. The van der Waals surface area contributed by atoms with E-state index in [1.165, 1.54) is 12.5 Å². The Morgan fingerprint density at radius 2 is 1.96 bits per heavy atom. The third kappa shape index (κ3) is 2.76. The maximum absolute atomic E-state index is 12.0. The van der Waals surface area contributed by atoms with Crippen molar-refractivity contribution in [1.29, 1.82) is 0 Å². The number of hydrogen-bond acceptors (Lipinski definition) is 4. The minimum Gasteiger partial charge on any atom is -0.426 e. The van der Waals surface area contributed by atoms with E-state index in [2.05, 4.69) is 19.6 Å². The summed E-state index contributed by atoms with van der Waals surface area (Å²) in [4.78, 5) is 23.9. The van der Waals surface area contributed by atoms with Crippen molar-refractivity contribution in [2.24, 2.45) is 0 Å². The van der Waals surface area contributed by atoms with E-state index in [1.807, 2.05) is 0 Å². The Kier molecular flexibility index (Phi) is 4.31. The number of benzene rings is 2. The lowest BCUT2D eigenvalue weighted by atomic mass is 9.86. The van der Waals surface area contributed by atoms with Gasteiger partial charge in [-0.3, -0.25) is 4.79 Å².